The van der Waals surface area contributed by atoms with Gasteiger partial charge in [-0.2, -0.15) is 0 Å². The van der Waals surface area contributed by atoms with Gasteiger partial charge in [-0.05, 0) is 47.9 Å². The molecule has 2 N–H and O–H groups in total. The Bertz CT molecular complexity index is 547. The number of nitrogens with two attached hydrogens (primary N) is 1. The number of tetrazole rings is 1. The number of aromatic nitrogens is 4. The molecule has 3 rings (SSSR count). The molecule has 1 heterocycles. The molecule has 0 atom stereocenters. The number of nitrogens with zero attached hydrogens (tertiary/aromatic N) is 4. The maximum absolute atomic E-state index is 13.0. The third-order valence-corrected chi connectivity index (χ3v) is 3.17. The lowest BCUT2D eigenvalue weighted by molar-refractivity contribution is 0.287. The maximum atomic E-state index is 13.0. The van der Waals surface area contributed by atoms with Crippen molar-refractivity contribution in [2.45, 2.75) is 25.3 Å². The van der Waals surface area contributed by atoms with Crippen LogP contribution in [0.2, 0.25) is 0 Å². The Morgan fingerprint density at radius 2 is 2.18 bits per heavy atom. The molecule has 0 amide bonds. The summed E-state index contributed by atoms with van der Waals surface area (Å²) in [7, 11) is 0. The fourth-order valence-corrected chi connectivity index (χ4v) is 1.99. The molecule has 0 bridgehead atoms. The van der Waals surface area contributed by atoms with Crippen molar-refractivity contribution in [1.29, 1.82) is 0 Å². The number of hydrogen-bond donors (Lipinski definition) is 1. The van der Waals surface area contributed by atoms with Crippen LogP contribution in [0.4, 0.5) is 10.1 Å². The normalized spacial score (nSPS) is 15.8. The Morgan fingerprint density at radius 3 is 2.82 bits per heavy atom. The fourth-order valence-electron chi connectivity index (χ4n) is 1.99. The van der Waals surface area contributed by atoms with E-state index in [4.69, 9.17) is 5.73 Å². The smallest absolute Gasteiger partial charge is 0.184 e. The molecule has 0 saturated heterocycles. The number of anilines is 1. The van der Waals surface area contributed by atoms with Gasteiger partial charge in [-0.25, -0.2) is 9.07 Å². The molecule has 17 heavy (non-hydrogen) atoms. The van der Waals surface area contributed by atoms with Crippen LogP contribution in [0.5, 0.6) is 0 Å². The van der Waals surface area contributed by atoms with Gasteiger partial charge in [0.25, 0.3) is 0 Å². The zero-order valence-electron chi connectivity index (χ0n) is 9.17. The Morgan fingerprint density at radius 1 is 1.35 bits per heavy atom. The van der Waals surface area contributed by atoms with Gasteiger partial charge < -0.3 is 5.73 Å². The van der Waals surface area contributed by atoms with E-state index in [9.17, 15) is 4.39 Å². The molecule has 1 fully saturated rings. The summed E-state index contributed by atoms with van der Waals surface area (Å²) in [4.78, 5) is 0. The van der Waals surface area contributed by atoms with E-state index in [1.54, 1.807) is 10.7 Å². The van der Waals surface area contributed by atoms with Crippen LogP contribution in [0.25, 0.3) is 11.4 Å². The van der Waals surface area contributed by atoms with Crippen molar-refractivity contribution < 1.29 is 4.39 Å². The molecule has 1 saturated carbocycles. The van der Waals surface area contributed by atoms with Crippen molar-refractivity contribution in [2.24, 2.45) is 0 Å². The van der Waals surface area contributed by atoms with E-state index in [2.05, 4.69) is 15.5 Å². The van der Waals surface area contributed by atoms with Gasteiger partial charge in [0.2, 0.25) is 0 Å². The number of benzene rings is 1. The van der Waals surface area contributed by atoms with E-state index in [-0.39, 0.29) is 5.82 Å². The van der Waals surface area contributed by atoms with Gasteiger partial charge in [-0.15, -0.1) is 5.10 Å². The molecule has 6 heteroatoms. The van der Waals surface area contributed by atoms with Crippen molar-refractivity contribution in [1.82, 2.24) is 20.2 Å². The van der Waals surface area contributed by atoms with E-state index >= 15 is 0 Å². The van der Waals surface area contributed by atoms with Crippen LogP contribution in [0, 0.1) is 5.82 Å². The average Bonchev–Trinajstić information content (AvgIpc) is 2.64. The molecule has 1 aliphatic carbocycles. The largest absolute Gasteiger partial charge is 0.398 e. The highest BCUT2D eigenvalue weighted by atomic mass is 19.1. The summed E-state index contributed by atoms with van der Waals surface area (Å²) >= 11 is 0. The lowest BCUT2D eigenvalue weighted by Crippen LogP contribution is -2.19. The van der Waals surface area contributed by atoms with Crippen molar-refractivity contribution in [3.63, 3.8) is 0 Å². The number of halogens is 1. The molecule has 0 radical (unpaired) electrons. The second-order valence-corrected chi connectivity index (χ2v) is 4.26. The van der Waals surface area contributed by atoms with Crippen molar-refractivity contribution in [3.05, 3.63) is 24.0 Å². The summed E-state index contributed by atoms with van der Waals surface area (Å²) in [5.74, 6) is 0.265. The Kier molecular flexibility index (Phi) is 2.28. The summed E-state index contributed by atoms with van der Waals surface area (Å²) in [5, 5.41) is 11.6. The molecule has 2 aromatic rings. The van der Waals surface area contributed by atoms with Crippen LogP contribution in [0.3, 0.4) is 0 Å². The predicted molar refractivity (Wildman–Crippen MR) is 60.5 cm³/mol. The van der Waals surface area contributed by atoms with Gasteiger partial charge in [0.15, 0.2) is 5.82 Å². The summed E-state index contributed by atoms with van der Waals surface area (Å²) in [6.07, 6.45) is 3.36. The average molecular weight is 233 g/mol. The van der Waals surface area contributed by atoms with E-state index in [0.717, 1.165) is 12.8 Å². The number of hydrogen-bond acceptors (Lipinski definition) is 4. The van der Waals surface area contributed by atoms with Crippen LogP contribution in [-0.2, 0) is 0 Å². The zero-order valence-corrected chi connectivity index (χ0v) is 9.17. The molecular weight excluding hydrogens is 221 g/mol. The monoisotopic (exact) mass is 233 g/mol. The molecule has 88 valence electrons. The lowest BCUT2D eigenvalue weighted by atomic mass is 9.93. The Balaban J connectivity index is 2.05. The third-order valence-electron chi connectivity index (χ3n) is 3.17. The Hall–Kier alpha value is -1.98. The summed E-state index contributed by atoms with van der Waals surface area (Å²) in [6.45, 7) is 0. The number of nitrogen functional groups attached to an aromatic ring is 1. The van der Waals surface area contributed by atoms with E-state index in [0.29, 0.717) is 23.1 Å². The molecule has 0 unspecified atom stereocenters. The summed E-state index contributed by atoms with van der Waals surface area (Å²) in [5.41, 5.74) is 6.84. The minimum atomic E-state index is -0.353. The highest BCUT2D eigenvalue weighted by Gasteiger charge is 2.25. The second kappa shape index (κ2) is 3.80. The topological polar surface area (TPSA) is 69.6 Å². The molecule has 1 aromatic heterocycles. The zero-order chi connectivity index (χ0) is 11.8. The first-order valence-corrected chi connectivity index (χ1v) is 5.59. The van der Waals surface area contributed by atoms with Gasteiger partial charge in [-0.3, -0.25) is 0 Å². The van der Waals surface area contributed by atoms with Gasteiger partial charge in [0, 0.05) is 11.3 Å². The molecule has 0 aliphatic heterocycles. The van der Waals surface area contributed by atoms with Crippen LogP contribution >= 0.6 is 0 Å². The molecule has 1 aliphatic rings. The van der Waals surface area contributed by atoms with Crippen LogP contribution < -0.4 is 5.73 Å². The third kappa shape index (κ3) is 1.65. The first-order chi connectivity index (χ1) is 8.25. The van der Waals surface area contributed by atoms with Crippen LogP contribution in [-0.4, -0.2) is 20.2 Å². The van der Waals surface area contributed by atoms with E-state index < -0.39 is 0 Å². The molecule has 5 nitrogen and oxygen atoms in total. The quantitative estimate of drug-likeness (QED) is 0.803. The van der Waals surface area contributed by atoms with E-state index in [1.165, 1.54) is 18.6 Å². The van der Waals surface area contributed by atoms with Gasteiger partial charge in [0.1, 0.15) is 5.82 Å². The summed E-state index contributed by atoms with van der Waals surface area (Å²) in [6, 6.07) is 4.62. The van der Waals surface area contributed by atoms with Gasteiger partial charge in [0.05, 0.1) is 6.04 Å². The molecule has 1 aromatic carbocycles. The highest BCUT2D eigenvalue weighted by molar-refractivity contribution is 5.71. The predicted octanol–water partition coefficient (Wildman–Crippen LogP) is 1.79. The van der Waals surface area contributed by atoms with Gasteiger partial charge in [-0.1, -0.05) is 0 Å². The molecule has 0 spiro atoms. The first-order valence-electron chi connectivity index (χ1n) is 5.59. The second-order valence-electron chi connectivity index (χ2n) is 4.26. The van der Waals surface area contributed by atoms with Crippen LogP contribution in [0.1, 0.15) is 25.3 Å². The Labute approximate surface area is 97.4 Å². The number of rotatable bonds is 2. The summed E-state index contributed by atoms with van der Waals surface area (Å²) < 4.78 is 14.8. The minimum Gasteiger partial charge on any atom is -0.398 e. The maximum Gasteiger partial charge on any atom is 0.184 e. The fraction of sp³-hybridized carbons (Fsp3) is 0.364. The molecular formula is C11H12FN5. The van der Waals surface area contributed by atoms with Crippen molar-refractivity contribution >= 4 is 5.69 Å². The van der Waals surface area contributed by atoms with Crippen molar-refractivity contribution in [2.75, 3.05) is 5.73 Å². The first kappa shape index (κ1) is 10.2. The van der Waals surface area contributed by atoms with E-state index in [1.807, 2.05) is 0 Å². The van der Waals surface area contributed by atoms with Crippen molar-refractivity contribution in [3.8, 4) is 11.4 Å². The lowest BCUT2D eigenvalue weighted by Gasteiger charge is -2.25. The van der Waals surface area contributed by atoms with Crippen LogP contribution in [0.15, 0.2) is 18.2 Å². The standard InChI is InChI=1S/C11H12FN5/c12-7-4-5-9(10(13)6-7)11-14-15-16-17(11)8-2-1-3-8/h4-6,8H,1-3,13H2. The SMILES string of the molecule is Nc1cc(F)ccc1-c1nnnn1C1CCC1. The van der Waals surface area contributed by atoms with Gasteiger partial charge >= 0.3 is 0 Å². The highest BCUT2D eigenvalue weighted by Crippen LogP contribution is 2.34. The minimum absolute atomic E-state index is 0.351.